The van der Waals surface area contributed by atoms with Crippen LogP contribution in [0.4, 0.5) is 0 Å². The van der Waals surface area contributed by atoms with Gasteiger partial charge in [-0.15, -0.1) is 0 Å². The molecule has 0 aromatic rings. The number of aliphatic hydroxyl groups is 5. The molecule has 232 valence electrons. The molecule has 0 aliphatic heterocycles. The minimum Gasteiger partial charge on any atom is -0.460 e. The summed E-state index contributed by atoms with van der Waals surface area (Å²) in [4.78, 5) is 37.3. The van der Waals surface area contributed by atoms with E-state index in [0.717, 1.165) is 0 Å². The lowest BCUT2D eigenvalue weighted by molar-refractivity contribution is -0.194. The molecule has 5 N–H and O–H groups in total. The van der Waals surface area contributed by atoms with Crippen LogP contribution in [0.25, 0.3) is 0 Å². The topological polar surface area (TPSA) is 171 Å². The maximum atomic E-state index is 13.6. The van der Waals surface area contributed by atoms with Gasteiger partial charge in [-0.3, -0.25) is 14.4 Å². The normalized spacial score (nSPS) is 42.0. The highest BCUT2D eigenvalue weighted by Gasteiger charge is 2.69. The van der Waals surface area contributed by atoms with Crippen LogP contribution in [0, 0.1) is 28.6 Å². The molecule has 0 spiro atoms. The molecular weight excluding hydrogens is 532 g/mol. The van der Waals surface area contributed by atoms with E-state index < -0.39 is 76.3 Å². The smallest absolute Gasteiger partial charge is 0.303 e. The standard InChI is InChI=1S/C31H48O10/c1-17(33)40-24-14-21-22(35)13-20-19(28(21,4)15-23(24)36)7-11-29(5)25(8-12-31(20,29)39)30(6,38)26(41-18(2)34)9-10-27(3,37)16-32/h13,19,21,23-26,32,36-39H,7-12,14-16H2,1-6H3. The lowest BCUT2D eigenvalue weighted by Gasteiger charge is -2.60. The lowest BCUT2D eigenvalue weighted by atomic mass is 9.45. The summed E-state index contributed by atoms with van der Waals surface area (Å²) in [5.41, 5.74) is -5.24. The van der Waals surface area contributed by atoms with Crippen molar-refractivity contribution in [2.24, 2.45) is 28.6 Å². The van der Waals surface area contributed by atoms with Crippen molar-refractivity contribution >= 4 is 17.7 Å². The van der Waals surface area contributed by atoms with Crippen LogP contribution < -0.4 is 0 Å². The average molecular weight is 581 g/mol. The molecule has 4 rings (SSSR count). The molecule has 0 bridgehead atoms. The van der Waals surface area contributed by atoms with E-state index in [1.165, 1.54) is 20.8 Å². The first-order chi connectivity index (χ1) is 18.8. The Balaban J connectivity index is 1.67. The molecular formula is C31H48O10. The SMILES string of the molecule is CC(=O)OC1CC2C(=O)C=C3C(CCC4(C)C(C(C)(O)C(CCC(C)(O)CO)OC(C)=O)CCC34O)C2(C)CC1O. The van der Waals surface area contributed by atoms with Crippen LogP contribution in [-0.2, 0) is 23.9 Å². The third-order valence-corrected chi connectivity index (χ3v) is 11.4. The van der Waals surface area contributed by atoms with Gasteiger partial charge in [-0.05, 0) is 94.1 Å². The molecule has 10 nitrogen and oxygen atoms in total. The van der Waals surface area contributed by atoms with Gasteiger partial charge in [-0.1, -0.05) is 13.8 Å². The van der Waals surface area contributed by atoms with Gasteiger partial charge in [-0.2, -0.15) is 0 Å². The summed E-state index contributed by atoms with van der Waals surface area (Å²) >= 11 is 0. The van der Waals surface area contributed by atoms with Gasteiger partial charge in [0.15, 0.2) is 5.78 Å². The molecule has 3 saturated carbocycles. The van der Waals surface area contributed by atoms with Crippen molar-refractivity contribution in [3.05, 3.63) is 11.6 Å². The van der Waals surface area contributed by atoms with Crippen molar-refractivity contribution < 1.29 is 49.4 Å². The number of fused-ring (bicyclic) bond motifs is 5. The van der Waals surface area contributed by atoms with Gasteiger partial charge in [0.05, 0.1) is 23.9 Å². The molecule has 4 aliphatic rings. The molecule has 0 radical (unpaired) electrons. The minimum absolute atomic E-state index is 0.0867. The number of ether oxygens (including phenoxy) is 2. The molecule has 0 amide bonds. The largest absolute Gasteiger partial charge is 0.460 e. The summed E-state index contributed by atoms with van der Waals surface area (Å²) in [6.07, 6.45) is 1.47. The van der Waals surface area contributed by atoms with Crippen LogP contribution in [0.15, 0.2) is 11.6 Å². The fraction of sp³-hybridized carbons (Fsp3) is 0.839. The highest BCUT2D eigenvalue weighted by atomic mass is 16.6. The number of ketones is 1. The number of allylic oxidation sites excluding steroid dienone is 1. The predicted molar refractivity (Wildman–Crippen MR) is 147 cm³/mol. The minimum atomic E-state index is -1.58. The molecule has 0 aromatic heterocycles. The Morgan fingerprint density at radius 2 is 1.76 bits per heavy atom. The molecule has 0 saturated heterocycles. The summed E-state index contributed by atoms with van der Waals surface area (Å²) in [7, 11) is 0. The van der Waals surface area contributed by atoms with Crippen LogP contribution in [0.5, 0.6) is 0 Å². The Morgan fingerprint density at radius 3 is 2.34 bits per heavy atom. The van der Waals surface area contributed by atoms with Crippen LogP contribution in [0.1, 0.15) is 92.9 Å². The number of hydrogen-bond acceptors (Lipinski definition) is 10. The van der Waals surface area contributed by atoms with Crippen molar-refractivity contribution in [1.82, 2.24) is 0 Å². The fourth-order valence-corrected chi connectivity index (χ4v) is 9.05. The number of rotatable bonds is 8. The summed E-state index contributed by atoms with van der Waals surface area (Å²) in [6.45, 7) is 9.04. The molecule has 41 heavy (non-hydrogen) atoms. The van der Waals surface area contributed by atoms with E-state index in [9.17, 15) is 39.9 Å². The average Bonchev–Trinajstić information content (AvgIpc) is 3.14. The monoisotopic (exact) mass is 580 g/mol. The zero-order valence-electron chi connectivity index (χ0n) is 25.2. The second kappa shape index (κ2) is 10.7. The van der Waals surface area contributed by atoms with Crippen LogP contribution in [0.3, 0.4) is 0 Å². The molecule has 4 aliphatic carbocycles. The van der Waals surface area contributed by atoms with E-state index in [0.29, 0.717) is 31.3 Å². The van der Waals surface area contributed by atoms with Crippen LogP contribution in [-0.4, -0.2) is 85.0 Å². The zero-order valence-corrected chi connectivity index (χ0v) is 25.2. The Labute approximate surface area is 242 Å². The first-order valence-corrected chi connectivity index (χ1v) is 14.9. The summed E-state index contributed by atoms with van der Waals surface area (Å²) < 4.78 is 10.9. The third kappa shape index (κ3) is 5.28. The molecule has 10 heteroatoms. The van der Waals surface area contributed by atoms with E-state index in [4.69, 9.17) is 9.47 Å². The van der Waals surface area contributed by atoms with Crippen molar-refractivity contribution in [3.8, 4) is 0 Å². The van der Waals surface area contributed by atoms with Gasteiger partial charge in [0, 0.05) is 25.2 Å². The maximum absolute atomic E-state index is 13.6. The highest BCUT2D eigenvalue weighted by molar-refractivity contribution is 5.95. The van der Waals surface area contributed by atoms with Crippen molar-refractivity contribution in [3.63, 3.8) is 0 Å². The van der Waals surface area contributed by atoms with Crippen LogP contribution in [0.2, 0.25) is 0 Å². The predicted octanol–water partition coefficient (Wildman–Crippen LogP) is 1.97. The molecule has 11 atom stereocenters. The van der Waals surface area contributed by atoms with E-state index in [1.54, 1.807) is 13.0 Å². The molecule has 0 aromatic carbocycles. The number of carbonyl (C=O) groups is 3. The van der Waals surface area contributed by atoms with Gasteiger partial charge in [0.2, 0.25) is 0 Å². The van der Waals surface area contributed by atoms with E-state index in [-0.39, 0.29) is 37.4 Å². The molecule has 11 unspecified atom stereocenters. The third-order valence-electron chi connectivity index (χ3n) is 11.4. The first kappa shape index (κ1) is 32.1. The maximum Gasteiger partial charge on any atom is 0.303 e. The van der Waals surface area contributed by atoms with Crippen LogP contribution >= 0.6 is 0 Å². The van der Waals surface area contributed by atoms with E-state index in [1.807, 2.05) is 13.8 Å². The number of esters is 2. The van der Waals surface area contributed by atoms with E-state index >= 15 is 0 Å². The fourth-order valence-electron chi connectivity index (χ4n) is 9.05. The quantitative estimate of drug-likeness (QED) is 0.267. The highest BCUT2D eigenvalue weighted by Crippen LogP contribution is 2.68. The molecule has 3 fully saturated rings. The van der Waals surface area contributed by atoms with Gasteiger partial charge < -0.3 is 35.0 Å². The second-order valence-corrected chi connectivity index (χ2v) is 14.2. The Morgan fingerprint density at radius 1 is 1.10 bits per heavy atom. The van der Waals surface area contributed by atoms with Gasteiger partial charge in [0.1, 0.15) is 17.8 Å². The molecule has 0 heterocycles. The zero-order chi connectivity index (χ0) is 30.8. The number of hydrogen-bond donors (Lipinski definition) is 5. The van der Waals surface area contributed by atoms with Gasteiger partial charge >= 0.3 is 11.9 Å². The summed E-state index contributed by atoms with van der Waals surface area (Å²) in [6, 6.07) is 0. The number of aliphatic hydroxyl groups excluding tert-OH is 2. The van der Waals surface area contributed by atoms with Gasteiger partial charge in [-0.25, -0.2) is 0 Å². The second-order valence-electron chi connectivity index (χ2n) is 14.2. The lowest BCUT2D eigenvalue weighted by Crippen LogP contribution is -2.63. The first-order valence-electron chi connectivity index (χ1n) is 14.9. The Hall–Kier alpha value is -1.85. The van der Waals surface area contributed by atoms with Crippen molar-refractivity contribution in [2.75, 3.05) is 6.61 Å². The Kier molecular flexibility index (Phi) is 8.37. The Bertz CT molecular complexity index is 1100. The van der Waals surface area contributed by atoms with Crippen molar-refractivity contribution in [1.29, 1.82) is 0 Å². The van der Waals surface area contributed by atoms with Crippen molar-refractivity contribution in [2.45, 2.75) is 128 Å². The number of carbonyl (C=O) groups excluding carboxylic acids is 3. The van der Waals surface area contributed by atoms with E-state index in [2.05, 4.69) is 0 Å². The summed E-state index contributed by atoms with van der Waals surface area (Å²) in [5.74, 6) is -2.37. The van der Waals surface area contributed by atoms with Gasteiger partial charge in [0.25, 0.3) is 0 Å². The summed E-state index contributed by atoms with van der Waals surface area (Å²) in [5, 5.41) is 55.3.